The first kappa shape index (κ1) is 34.3. The highest BCUT2D eigenvalue weighted by atomic mass is 35.5. The van der Waals surface area contributed by atoms with Crippen LogP contribution in [0, 0.1) is 0 Å². The van der Waals surface area contributed by atoms with Crippen LogP contribution >= 0.6 is 23.2 Å². The van der Waals surface area contributed by atoms with Crippen molar-refractivity contribution in [1.82, 2.24) is 20.0 Å². The fourth-order valence-corrected chi connectivity index (χ4v) is 7.27. The van der Waals surface area contributed by atoms with Crippen molar-refractivity contribution in [3.8, 4) is 5.75 Å². The molecule has 5 rings (SSSR count). The highest BCUT2D eigenvalue weighted by Gasteiger charge is 2.34. The summed E-state index contributed by atoms with van der Waals surface area (Å²) < 4.78 is 42.1. The SMILES string of the molecule is COc1cccc2c1c(NS(=O)(=O)c1cccc(Cl)c1Cl)nn2Cc1cccc(CNC(=O)C2CCCCN2C(=O)OC(C)(C)C)c1. The van der Waals surface area contributed by atoms with Crippen molar-refractivity contribution in [1.29, 1.82) is 0 Å². The van der Waals surface area contributed by atoms with Gasteiger partial charge in [-0.05, 0) is 75.4 Å². The molecular formula is C33H37Cl2N5O6S. The molecule has 250 valence electrons. The van der Waals surface area contributed by atoms with Crippen molar-refractivity contribution in [2.45, 2.75) is 69.7 Å². The number of fused-ring (bicyclic) bond motifs is 1. The third-order valence-electron chi connectivity index (χ3n) is 7.62. The van der Waals surface area contributed by atoms with Gasteiger partial charge in [-0.2, -0.15) is 5.10 Å². The van der Waals surface area contributed by atoms with E-state index in [9.17, 15) is 18.0 Å². The Morgan fingerprint density at radius 1 is 1.02 bits per heavy atom. The van der Waals surface area contributed by atoms with Crippen LogP contribution in [0.3, 0.4) is 0 Å². The number of methoxy groups -OCH3 is 1. The Bertz CT molecular complexity index is 1910. The molecule has 0 bridgehead atoms. The van der Waals surface area contributed by atoms with Gasteiger partial charge in [0, 0.05) is 13.1 Å². The zero-order chi connectivity index (χ0) is 33.9. The van der Waals surface area contributed by atoms with Gasteiger partial charge in [0.15, 0.2) is 5.82 Å². The summed E-state index contributed by atoms with van der Waals surface area (Å²) in [7, 11) is -2.67. The number of halogens is 2. The second-order valence-electron chi connectivity index (χ2n) is 12.2. The molecule has 0 radical (unpaired) electrons. The van der Waals surface area contributed by atoms with Crippen molar-refractivity contribution in [3.05, 3.63) is 81.8 Å². The molecule has 4 aromatic rings. The maximum atomic E-state index is 13.4. The van der Waals surface area contributed by atoms with E-state index in [1.165, 1.54) is 30.2 Å². The van der Waals surface area contributed by atoms with Crippen molar-refractivity contribution in [2.75, 3.05) is 18.4 Å². The van der Waals surface area contributed by atoms with Gasteiger partial charge >= 0.3 is 6.09 Å². The van der Waals surface area contributed by atoms with E-state index in [1.54, 1.807) is 37.6 Å². The van der Waals surface area contributed by atoms with Gasteiger partial charge in [-0.1, -0.05) is 59.6 Å². The molecule has 3 aromatic carbocycles. The second kappa shape index (κ2) is 14.0. The van der Waals surface area contributed by atoms with Crippen LogP contribution in [0.5, 0.6) is 5.75 Å². The standard InChI is InChI=1S/C33H37Cl2N5O6S/c1-33(2,3)46-32(42)39-17-6-5-13-25(39)31(41)36-19-21-10-7-11-22(18-21)20-40-24-14-9-15-26(45-4)28(24)30(37-40)38-47(43,44)27-16-8-12-23(34)29(27)35/h7-12,14-16,18,25H,5-6,13,17,19-20H2,1-4H3,(H,36,41)(H,37,38). The molecule has 0 spiro atoms. The van der Waals surface area contributed by atoms with Crippen LogP contribution in [-0.4, -0.2) is 60.4 Å². The number of rotatable bonds is 9. The first-order valence-corrected chi connectivity index (χ1v) is 17.4. The second-order valence-corrected chi connectivity index (χ2v) is 14.7. The van der Waals surface area contributed by atoms with E-state index in [-0.39, 0.29) is 33.2 Å². The summed E-state index contributed by atoms with van der Waals surface area (Å²) in [5, 5.41) is 8.09. The average Bonchev–Trinajstić information content (AvgIpc) is 3.36. The first-order valence-electron chi connectivity index (χ1n) is 15.1. The van der Waals surface area contributed by atoms with Gasteiger partial charge in [0.25, 0.3) is 10.0 Å². The molecule has 0 aliphatic carbocycles. The lowest BCUT2D eigenvalue weighted by molar-refractivity contribution is -0.127. The van der Waals surface area contributed by atoms with Gasteiger partial charge in [-0.15, -0.1) is 0 Å². The van der Waals surface area contributed by atoms with E-state index in [0.717, 1.165) is 24.0 Å². The number of likely N-dealkylation sites (tertiary alicyclic amines) is 1. The molecule has 47 heavy (non-hydrogen) atoms. The fraction of sp³-hybridized carbons (Fsp3) is 0.364. The molecule has 1 aliphatic heterocycles. The van der Waals surface area contributed by atoms with Gasteiger partial charge in [-0.3, -0.25) is 19.1 Å². The van der Waals surface area contributed by atoms with Crippen LogP contribution in [-0.2, 0) is 32.6 Å². The van der Waals surface area contributed by atoms with Gasteiger partial charge < -0.3 is 14.8 Å². The molecule has 1 aliphatic rings. The number of hydrogen-bond donors (Lipinski definition) is 2. The Hall–Kier alpha value is -4.00. The van der Waals surface area contributed by atoms with Crippen molar-refractivity contribution in [3.63, 3.8) is 0 Å². The number of piperidine rings is 1. The Balaban J connectivity index is 1.35. The van der Waals surface area contributed by atoms with E-state index in [1.807, 2.05) is 30.3 Å². The maximum absolute atomic E-state index is 13.4. The van der Waals surface area contributed by atoms with Crippen molar-refractivity contribution < 1.29 is 27.5 Å². The van der Waals surface area contributed by atoms with Crippen molar-refractivity contribution >= 4 is 61.9 Å². The topological polar surface area (TPSA) is 132 Å². The van der Waals surface area contributed by atoms with Crippen LogP contribution < -0.4 is 14.8 Å². The summed E-state index contributed by atoms with van der Waals surface area (Å²) in [6, 6.07) is 16.7. The van der Waals surface area contributed by atoms with Crippen LogP contribution in [0.15, 0.2) is 65.6 Å². The lowest BCUT2D eigenvalue weighted by Gasteiger charge is -2.35. The molecule has 2 amide bonds. The Morgan fingerprint density at radius 2 is 1.74 bits per heavy atom. The molecule has 1 unspecified atom stereocenters. The van der Waals surface area contributed by atoms with Crippen LogP contribution in [0.2, 0.25) is 10.0 Å². The highest BCUT2D eigenvalue weighted by Crippen LogP contribution is 2.35. The van der Waals surface area contributed by atoms with Crippen LogP contribution in [0.25, 0.3) is 10.9 Å². The Morgan fingerprint density at radius 3 is 2.49 bits per heavy atom. The number of carbonyl (C=O) groups is 2. The number of aromatic nitrogens is 2. The Kier molecular flexibility index (Phi) is 10.2. The normalized spacial score (nSPS) is 15.4. The number of sulfonamides is 1. The van der Waals surface area contributed by atoms with Gasteiger partial charge in [0.1, 0.15) is 22.3 Å². The minimum absolute atomic E-state index is 0.0685. The lowest BCUT2D eigenvalue weighted by Crippen LogP contribution is -2.52. The lowest BCUT2D eigenvalue weighted by atomic mass is 10.0. The summed E-state index contributed by atoms with van der Waals surface area (Å²) in [5.74, 6) is 0.269. The van der Waals surface area contributed by atoms with Gasteiger partial charge in [-0.25, -0.2) is 13.2 Å². The molecule has 2 N–H and O–H groups in total. The predicted octanol–water partition coefficient (Wildman–Crippen LogP) is 6.61. The van der Waals surface area contributed by atoms with Crippen LogP contribution in [0.1, 0.15) is 51.2 Å². The van der Waals surface area contributed by atoms with Gasteiger partial charge in [0.2, 0.25) is 5.91 Å². The molecule has 1 saturated heterocycles. The number of ether oxygens (including phenoxy) is 2. The van der Waals surface area contributed by atoms with Gasteiger partial charge in [0.05, 0.1) is 34.6 Å². The smallest absolute Gasteiger partial charge is 0.410 e. The minimum atomic E-state index is -4.16. The number of carbonyl (C=O) groups excluding carboxylic acids is 2. The van der Waals surface area contributed by atoms with E-state index >= 15 is 0 Å². The number of benzene rings is 3. The molecule has 1 aromatic heterocycles. The zero-order valence-electron chi connectivity index (χ0n) is 26.5. The number of amides is 2. The molecule has 0 saturated carbocycles. The quantitative estimate of drug-likeness (QED) is 0.201. The fourth-order valence-electron chi connectivity index (χ4n) is 5.49. The summed E-state index contributed by atoms with van der Waals surface area (Å²) >= 11 is 12.3. The molecule has 2 heterocycles. The van der Waals surface area contributed by atoms with E-state index in [2.05, 4.69) is 15.1 Å². The third kappa shape index (κ3) is 7.94. The van der Waals surface area contributed by atoms with E-state index in [4.69, 9.17) is 32.7 Å². The van der Waals surface area contributed by atoms with Crippen molar-refractivity contribution in [2.24, 2.45) is 0 Å². The third-order valence-corrected chi connectivity index (χ3v) is 9.93. The molecule has 1 atom stereocenters. The van der Waals surface area contributed by atoms with E-state index in [0.29, 0.717) is 36.2 Å². The van der Waals surface area contributed by atoms with Crippen LogP contribution in [0.4, 0.5) is 10.6 Å². The largest absolute Gasteiger partial charge is 0.496 e. The summed E-state index contributed by atoms with van der Waals surface area (Å²) in [5.41, 5.74) is 1.69. The number of hydrogen-bond acceptors (Lipinski definition) is 7. The summed E-state index contributed by atoms with van der Waals surface area (Å²) in [6.45, 7) is 6.42. The molecule has 14 heteroatoms. The summed E-state index contributed by atoms with van der Waals surface area (Å²) in [6.07, 6.45) is 1.74. The minimum Gasteiger partial charge on any atom is -0.496 e. The summed E-state index contributed by atoms with van der Waals surface area (Å²) in [4.78, 5) is 27.4. The Labute approximate surface area is 284 Å². The average molecular weight is 703 g/mol. The van der Waals surface area contributed by atoms with E-state index < -0.39 is 27.8 Å². The molecule has 1 fully saturated rings. The zero-order valence-corrected chi connectivity index (χ0v) is 28.9. The predicted molar refractivity (Wildman–Crippen MR) is 182 cm³/mol. The monoisotopic (exact) mass is 701 g/mol. The number of nitrogens with zero attached hydrogens (tertiary/aromatic N) is 3. The number of anilines is 1. The molecule has 11 nitrogen and oxygen atoms in total. The molecular weight excluding hydrogens is 665 g/mol. The maximum Gasteiger partial charge on any atom is 0.410 e. The highest BCUT2D eigenvalue weighted by molar-refractivity contribution is 7.92. The number of nitrogens with one attached hydrogen (secondary N) is 2. The first-order chi connectivity index (χ1) is 22.3.